The second kappa shape index (κ2) is 7.24. The fourth-order valence-electron chi connectivity index (χ4n) is 2.89. The van der Waals surface area contributed by atoms with Crippen LogP contribution in [0.15, 0.2) is 48.8 Å². The Balaban J connectivity index is 1.68. The number of hydrogen-bond donors (Lipinski definition) is 1. The first-order valence-electron chi connectivity index (χ1n) is 7.88. The van der Waals surface area contributed by atoms with E-state index in [9.17, 15) is 4.79 Å². The van der Waals surface area contributed by atoms with Crippen LogP contribution < -0.4 is 10.1 Å². The third-order valence-corrected chi connectivity index (χ3v) is 4.03. The molecule has 1 aliphatic heterocycles. The molecule has 1 aromatic heterocycles. The summed E-state index contributed by atoms with van der Waals surface area (Å²) in [5.41, 5.74) is 0.668. The summed E-state index contributed by atoms with van der Waals surface area (Å²) in [6.45, 7) is 2.59. The molecule has 1 aromatic carbocycles. The Morgan fingerprint density at radius 2 is 2.13 bits per heavy atom. The molecule has 1 N–H and O–H groups in total. The van der Waals surface area contributed by atoms with Gasteiger partial charge in [0.15, 0.2) is 0 Å². The molecule has 5 nitrogen and oxygen atoms in total. The van der Waals surface area contributed by atoms with E-state index >= 15 is 0 Å². The number of carbonyl (C=O) groups is 1. The van der Waals surface area contributed by atoms with Crippen molar-refractivity contribution in [3.63, 3.8) is 0 Å². The Bertz CT molecular complexity index is 660. The molecule has 0 radical (unpaired) electrons. The lowest BCUT2D eigenvalue weighted by molar-refractivity contribution is 0.0787. The first-order valence-corrected chi connectivity index (χ1v) is 7.88. The van der Waals surface area contributed by atoms with Crippen LogP contribution in [0.3, 0.4) is 0 Å². The molecule has 0 saturated carbocycles. The van der Waals surface area contributed by atoms with Gasteiger partial charge in [0.1, 0.15) is 11.5 Å². The van der Waals surface area contributed by atoms with Crippen LogP contribution in [0.1, 0.15) is 16.8 Å². The highest BCUT2D eigenvalue weighted by Crippen LogP contribution is 2.23. The maximum Gasteiger partial charge on any atom is 0.253 e. The molecule has 0 bridgehead atoms. The number of rotatable bonds is 5. The minimum Gasteiger partial charge on any atom is -0.457 e. The van der Waals surface area contributed by atoms with Gasteiger partial charge in [-0.1, -0.05) is 6.07 Å². The smallest absolute Gasteiger partial charge is 0.253 e. The lowest BCUT2D eigenvalue weighted by Crippen LogP contribution is -2.30. The standard InChI is InChI=1S/C18H21N3O2/c1-19-12-14-7-10-21(13-14)18(22)15-3-2-4-17(11-15)23-16-5-8-20-9-6-16/h2-6,8-9,11,14,19H,7,10,12-13H2,1H3/t14-/m1/s1. The Kier molecular flexibility index (Phi) is 4.88. The van der Waals surface area contributed by atoms with Crippen molar-refractivity contribution < 1.29 is 9.53 Å². The van der Waals surface area contributed by atoms with E-state index in [1.54, 1.807) is 30.6 Å². The largest absolute Gasteiger partial charge is 0.457 e. The van der Waals surface area contributed by atoms with Crippen molar-refractivity contribution in [2.45, 2.75) is 6.42 Å². The molecule has 2 heterocycles. The number of carbonyl (C=O) groups excluding carboxylic acids is 1. The fourth-order valence-corrected chi connectivity index (χ4v) is 2.89. The van der Waals surface area contributed by atoms with E-state index < -0.39 is 0 Å². The second-order valence-electron chi connectivity index (χ2n) is 5.78. The molecule has 2 aromatic rings. The van der Waals surface area contributed by atoms with Gasteiger partial charge in [-0.15, -0.1) is 0 Å². The van der Waals surface area contributed by atoms with Crippen molar-refractivity contribution in [3.05, 3.63) is 54.4 Å². The van der Waals surface area contributed by atoms with E-state index in [4.69, 9.17) is 4.74 Å². The zero-order valence-corrected chi connectivity index (χ0v) is 13.2. The van der Waals surface area contributed by atoms with Gasteiger partial charge in [0.2, 0.25) is 0 Å². The zero-order valence-electron chi connectivity index (χ0n) is 13.2. The van der Waals surface area contributed by atoms with Crippen molar-refractivity contribution >= 4 is 5.91 Å². The number of nitrogens with zero attached hydrogens (tertiary/aromatic N) is 2. The van der Waals surface area contributed by atoms with Crippen LogP contribution in [0.2, 0.25) is 0 Å². The van der Waals surface area contributed by atoms with Gasteiger partial charge < -0.3 is 15.0 Å². The van der Waals surface area contributed by atoms with Crippen molar-refractivity contribution in [2.75, 3.05) is 26.7 Å². The molecule has 0 unspecified atom stereocenters. The topological polar surface area (TPSA) is 54.5 Å². The molecule has 1 saturated heterocycles. The lowest BCUT2D eigenvalue weighted by atomic mass is 10.1. The van der Waals surface area contributed by atoms with E-state index in [0.29, 0.717) is 23.0 Å². The van der Waals surface area contributed by atoms with Crippen LogP contribution in [0, 0.1) is 5.92 Å². The highest BCUT2D eigenvalue weighted by molar-refractivity contribution is 5.94. The Labute approximate surface area is 136 Å². The average Bonchev–Trinajstić information content (AvgIpc) is 3.04. The zero-order chi connectivity index (χ0) is 16.1. The third kappa shape index (κ3) is 3.87. The highest BCUT2D eigenvalue weighted by Gasteiger charge is 2.26. The Hall–Kier alpha value is -2.40. The number of pyridine rings is 1. The maximum absolute atomic E-state index is 12.6. The predicted octanol–water partition coefficient (Wildman–Crippen LogP) is 2.56. The fraction of sp³-hybridized carbons (Fsp3) is 0.333. The monoisotopic (exact) mass is 311 g/mol. The van der Waals surface area contributed by atoms with Gasteiger partial charge in [-0.3, -0.25) is 9.78 Å². The van der Waals surface area contributed by atoms with Crippen LogP contribution in [0.5, 0.6) is 11.5 Å². The van der Waals surface area contributed by atoms with Crippen LogP contribution in [-0.4, -0.2) is 42.5 Å². The molecule has 1 fully saturated rings. The van der Waals surface area contributed by atoms with E-state index in [1.807, 2.05) is 30.1 Å². The van der Waals surface area contributed by atoms with Crippen LogP contribution in [0.4, 0.5) is 0 Å². The van der Waals surface area contributed by atoms with Crippen LogP contribution in [0.25, 0.3) is 0 Å². The van der Waals surface area contributed by atoms with Gasteiger partial charge in [-0.05, 0) is 56.3 Å². The molecule has 1 aliphatic rings. The second-order valence-corrected chi connectivity index (χ2v) is 5.78. The SMILES string of the molecule is CNC[C@H]1CCN(C(=O)c2cccc(Oc3ccncc3)c2)C1. The molecule has 3 rings (SSSR count). The number of amides is 1. The minimum atomic E-state index is 0.0729. The van der Waals surface area contributed by atoms with Gasteiger partial charge in [-0.2, -0.15) is 0 Å². The molecule has 5 heteroatoms. The van der Waals surface area contributed by atoms with Gasteiger partial charge in [0, 0.05) is 31.0 Å². The summed E-state index contributed by atoms with van der Waals surface area (Å²) in [6.07, 6.45) is 4.41. The number of ether oxygens (including phenoxy) is 1. The summed E-state index contributed by atoms with van der Waals surface area (Å²) in [7, 11) is 1.95. The maximum atomic E-state index is 12.6. The summed E-state index contributed by atoms with van der Waals surface area (Å²) in [4.78, 5) is 18.5. The lowest BCUT2D eigenvalue weighted by Gasteiger charge is -2.17. The average molecular weight is 311 g/mol. The first-order chi connectivity index (χ1) is 11.3. The molecule has 1 atom stereocenters. The highest BCUT2D eigenvalue weighted by atomic mass is 16.5. The van der Waals surface area contributed by atoms with E-state index in [1.165, 1.54) is 0 Å². The summed E-state index contributed by atoms with van der Waals surface area (Å²) < 4.78 is 5.77. The number of benzene rings is 1. The quantitative estimate of drug-likeness (QED) is 0.922. The Morgan fingerprint density at radius 1 is 1.30 bits per heavy atom. The van der Waals surface area contributed by atoms with E-state index in [0.717, 1.165) is 26.1 Å². The number of likely N-dealkylation sites (tertiary alicyclic amines) is 1. The number of aromatic nitrogens is 1. The first kappa shape index (κ1) is 15.5. The normalized spacial score (nSPS) is 17.3. The molecule has 23 heavy (non-hydrogen) atoms. The number of hydrogen-bond acceptors (Lipinski definition) is 4. The molecule has 0 aliphatic carbocycles. The van der Waals surface area contributed by atoms with Crippen molar-refractivity contribution in [3.8, 4) is 11.5 Å². The van der Waals surface area contributed by atoms with E-state index in [-0.39, 0.29) is 5.91 Å². The molecule has 1 amide bonds. The molecule has 0 spiro atoms. The summed E-state index contributed by atoms with van der Waals surface area (Å²) >= 11 is 0. The van der Waals surface area contributed by atoms with E-state index in [2.05, 4.69) is 10.3 Å². The minimum absolute atomic E-state index is 0.0729. The molecule has 120 valence electrons. The van der Waals surface area contributed by atoms with Crippen molar-refractivity contribution in [1.82, 2.24) is 15.2 Å². The van der Waals surface area contributed by atoms with Crippen LogP contribution in [-0.2, 0) is 0 Å². The summed E-state index contributed by atoms with van der Waals surface area (Å²) in [5, 5.41) is 3.18. The predicted molar refractivity (Wildman–Crippen MR) is 88.7 cm³/mol. The summed E-state index contributed by atoms with van der Waals surface area (Å²) in [6, 6.07) is 10.9. The van der Waals surface area contributed by atoms with Gasteiger partial charge in [-0.25, -0.2) is 0 Å². The molecular formula is C18H21N3O2. The van der Waals surface area contributed by atoms with Crippen molar-refractivity contribution in [1.29, 1.82) is 0 Å². The van der Waals surface area contributed by atoms with Gasteiger partial charge >= 0.3 is 0 Å². The Morgan fingerprint density at radius 3 is 2.91 bits per heavy atom. The third-order valence-electron chi connectivity index (χ3n) is 4.03. The molecular weight excluding hydrogens is 290 g/mol. The van der Waals surface area contributed by atoms with Crippen LogP contribution >= 0.6 is 0 Å². The van der Waals surface area contributed by atoms with Crippen molar-refractivity contribution in [2.24, 2.45) is 5.92 Å². The summed E-state index contributed by atoms with van der Waals surface area (Å²) in [5.74, 6) is 1.98. The van der Waals surface area contributed by atoms with Gasteiger partial charge in [0.05, 0.1) is 0 Å². The number of nitrogens with one attached hydrogen (secondary N) is 1. The van der Waals surface area contributed by atoms with Gasteiger partial charge in [0.25, 0.3) is 5.91 Å².